The third-order valence-electron chi connectivity index (χ3n) is 3.96. The fourth-order valence-electron chi connectivity index (χ4n) is 2.70. The van der Waals surface area contributed by atoms with Crippen LogP contribution in [0.3, 0.4) is 0 Å². The Labute approximate surface area is 142 Å². The number of rotatable bonds is 3. The van der Waals surface area contributed by atoms with Crippen LogP contribution < -0.4 is 20.6 Å². The van der Waals surface area contributed by atoms with Gasteiger partial charge in [-0.3, -0.25) is 19.1 Å². The normalized spacial score (nSPS) is 12.8. The molecule has 0 radical (unpaired) electrons. The lowest BCUT2D eigenvalue weighted by molar-refractivity contribution is 0.171. The Morgan fingerprint density at radius 3 is 2.48 bits per heavy atom. The van der Waals surface area contributed by atoms with Crippen molar-refractivity contribution in [1.29, 1.82) is 0 Å². The van der Waals surface area contributed by atoms with Gasteiger partial charge in [0.2, 0.25) is 0 Å². The summed E-state index contributed by atoms with van der Waals surface area (Å²) in [6, 6.07) is 8.76. The van der Waals surface area contributed by atoms with E-state index in [1.165, 1.54) is 9.13 Å². The molecule has 0 saturated heterocycles. The maximum Gasteiger partial charge on any atom is 0.320 e. The van der Waals surface area contributed by atoms with Crippen LogP contribution in [0.4, 0.5) is 0 Å². The summed E-state index contributed by atoms with van der Waals surface area (Å²) in [6.07, 6.45) is 6.48. The van der Waals surface area contributed by atoms with Crippen molar-refractivity contribution in [1.82, 2.24) is 14.1 Å². The van der Waals surface area contributed by atoms with Gasteiger partial charge >= 0.3 is 11.1 Å². The largest absolute Gasteiger partial charge is 0.486 e. The van der Waals surface area contributed by atoms with Crippen LogP contribution in [-0.4, -0.2) is 27.3 Å². The molecular formula is C18H15N3O4. The monoisotopic (exact) mass is 337 g/mol. The van der Waals surface area contributed by atoms with Crippen LogP contribution in [0.5, 0.6) is 11.5 Å². The second kappa shape index (κ2) is 6.27. The molecule has 0 bridgehead atoms. The number of benzene rings is 1. The number of hydrogen-bond donors (Lipinski definition) is 0. The molecular weight excluding hydrogens is 322 g/mol. The van der Waals surface area contributed by atoms with Gasteiger partial charge in [0.05, 0.1) is 12.2 Å². The van der Waals surface area contributed by atoms with Gasteiger partial charge in [0.15, 0.2) is 11.5 Å². The van der Waals surface area contributed by atoms with Gasteiger partial charge in [0.25, 0.3) is 0 Å². The van der Waals surface area contributed by atoms with Gasteiger partial charge in [-0.2, -0.15) is 0 Å². The quantitative estimate of drug-likeness (QED) is 0.672. The molecule has 1 aliphatic rings. The fourth-order valence-corrected chi connectivity index (χ4v) is 2.70. The molecule has 126 valence electrons. The van der Waals surface area contributed by atoms with Crippen LogP contribution in [0.25, 0.3) is 5.69 Å². The summed E-state index contributed by atoms with van der Waals surface area (Å²) in [7, 11) is 0. The van der Waals surface area contributed by atoms with E-state index in [1.54, 1.807) is 55.1 Å². The highest BCUT2D eigenvalue weighted by Gasteiger charge is 2.14. The third-order valence-corrected chi connectivity index (χ3v) is 3.96. The highest BCUT2D eigenvalue weighted by Crippen LogP contribution is 2.31. The number of ether oxygens (including phenoxy) is 2. The van der Waals surface area contributed by atoms with E-state index in [2.05, 4.69) is 4.98 Å². The van der Waals surface area contributed by atoms with Gasteiger partial charge in [0, 0.05) is 30.9 Å². The van der Waals surface area contributed by atoms with Crippen molar-refractivity contribution < 1.29 is 9.47 Å². The molecule has 2 aromatic heterocycles. The maximum atomic E-state index is 12.5. The standard InChI is InChI=1S/C18H15N3O4/c22-17-18(23)21(8-7-20(17)12-13-3-5-19-6-4-13)14-1-2-15-16(11-14)25-10-9-24-15/h1-8,11H,9-10,12H2. The Kier molecular flexibility index (Phi) is 3.81. The van der Waals surface area contributed by atoms with E-state index < -0.39 is 11.1 Å². The van der Waals surface area contributed by atoms with Crippen LogP contribution in [0.2, 0.25) is 0 Å². The minimum Gasteiger partial charge on any atom is -0.486 e. The predicted molar refractivity (Wildman–Crippen MR) is 90.6 cm³/mol. The Morgan fingerprint density at radius 1 is 0.920 bits per heavy atom. The summed E-state index contributed by atoms with van der Waals surface area (Å²) >= 11 is 0. The van der Waals surface area contributed by atoms with Crippen LogP contribution >= 0.6 is 0 Å². The molecule has 0 amide bonds. The summed E-state index contributed by atoms with van der Waals surface area (Å²) in [5, 5.41) is 0. The Morgan fingerprint density at radius 2 is 1.68 bits per heavy atom. The average Bonchev–Trinajstić information content (AvgIpc) is 2.66. The van der Waals surface area contributed by atoms with E-state index in [1.807, 2.05) is 0 Å². The maximum absolute atomic E-state index is 12.5. The second-order valence-electron chi connectivity index (χ2n) is 5.59. The molecule has 3 heterocycles. The Bertz CT molecular complexity index is 1020. The number of nitrogens with zero attached hydrogens (tertiary/aromatic N) is 3. The number of aromatic nitrogens is 3. The van der Waals surface area contributed by atoms with Crippen LogP contribution in [0.1, 0.15) is 5.56 Å². The number of pyridine rings is 1. The molecule has 0 unspecified atom stereocenters. The predicted octanol–water partition coefficient (Wildman–Crippen LogP) is 1.21. The lowest BCUT2D eigenvalue weighted by Gasteiger charge is -2.19. The zero-order valence-corrected chi connectivity index (χ0v) is 13.3. The highest BCUT2D eigenvalue weighted by molar-refractivity contribution is 5.49. The van der Waals surface area contributed by atoms with Crippen molar-refractivity contribution in [2.75, 3.05) is 13.2 Å². The molecule has 4 rings (SSSR count). The lowest BCUT2D eigenvalue weighted by atomic mass is 10.2. The number of fused-ring (bicyclic) bond motifs is 1. The van der Waals surface area contributed by atoms with Gasteiger partial charge in [0.1, 0.15) is 13.2 Å². The first-order valence-corrected chi connectivity index (χ1v) is 7.83. The highest BCUT2D eigenvalue weighted by atomic mass is 16.6. The van der Waals surface area contributed by atoms with Crippen molar-refractivity contribution in [3.05, 3.63) is 81.4 Å². The van der Waals surface area contributed by atoms with Crippen molar-refractivity contribution >= 4 is 0 Å². The third kappa shape index (κ3) is 2.91. The van der Waals surface area contributed by atoms with E-state index >= 15 is 0 Å². The SMILES string of the molecule is O=c1c(=O)n(-c2ccc3c(c2)OCCO3)ccn1Cc1ccncc1. The van der Waals surface area contributed by atoms with Crippen LogP contribution in [0, 0.1) is 0 Å². The zero-order valence-electron chi connectivity index (χ0n) is 13.3. The molecule has 7 nitrogen and oxygen atoms in total. The fraction of sp³-hybridized carbons (Fsp3) is 0.167. The molecule has 7 heteroatoms. The van der Waals surface area contributed by atoms with Gasteiger partial charge < -0.3 is 14.0 Å². The van der Waals surface area contributed by atoms with Crippen molar-refractivity contribution in [3.63, 3.8) is 0 Å². The van der Waals surface area contributed by atoms with E-state index in [9.17, 15) is 9.59 Å². The van der Waals surface area contributed by atoms with Crippen molar-refractivity contribution in [2.45, 2.75) is 6.54 Å². The van der Waals surface area contributed by atoms with Gasteiger partial charge in [-0.1, -0.05) is 0 Å². The first-order valence-electron chi connectivity index (χ1n) is 7.83. The smallest absolute Gasteiger partial charge is 0.320 e. The minimum atomic E-state index is -0.617. The summed E-state index contributed by atoms with van der Waals surface area (Å²) in [6.45, 7) is 1.27. The average molecular weight is 337 g/mol. The van der Waals surface area contributed by atoms with Crippen molar-refractivity contribution in [2.24, 2.45) is 0 Å². The number of hydrogen-bond acceptors (Lipinski definition) is 5. The Balaban J connectivity index is 1.71. The minimum absolute atomic E-state index is 0.318. The Hall–Kier alpha value is -3.35. The van der Waals surface area contributed by atoms with E-state index in [0.29, 0.717) is 36.9 Å². The first kappa shape index (κ1) is 15.2. The molecule has 0 fully saturated rings. The van der Waals surface area contributed by atoms with Gasteiger partial charge in [-0.15, -0.1) is 0 Å². The van der Waals surface area contributed by atoms with E-state index in [-0.39, 0.29) is 0 Å². The van der Waals surface area contributed by atoms with Gasteiger partial charge in [-0.25, -0.2) is 0 Å². The van der Waals surface area contributed by atoms with Crippen molar-refractivity contribution in [3.8, 4) is 17.2 Å². The second-order valence-corrected chi connectivity index (χ2v) is 5.59. The molecule has 0 aliphatic carbocycles. The van der Waals surface area contributed by atoms with E-state index in [0.717, 1.165) is 5.56 Å². The van der Waals surface area contributed by atoms with Crippen LogP contribution in [-0.2, 0) is 6.54 Å². The molecule has 1 aromatic carbocycles. The van der Waals surface area contributed by atoms with Crippen LogP contribution in [0.15, 0.2) is 64.7 Å². The molecule has 0 saturated carbocycles. The summed E-state index contributed by atoms with van der Waals surface area (Å²) < 4.78 is 13.7. The molecule has 0 N–H and O–H groups in total. The lowest BCUT2D eigenvalue weighted by Crippen LogP contribution is -2.40. The molecule has 0 atom stereocenters. The molecule has 25 heavy (non-hydrogen) atoms. The zero-order chi connectivity index (χ0) is 17.2. The first-order chi connectivity index (χ1) is 12.2. The topological polar surface area (TPSA) is 75.3 Å². The summed E-state index contributed by atoms with van der Waals surface area (Å²) in [4.78, 5) is 28.8. The molecule has 1 aliphatic heterocycles. The summed E-state index contributed by atoms with van der Waals surface area (Å²) in [5.41, 5.74) is 0.249. The molecule has 0 spiro atoms. The molecule has 3 aromatic rings. The summed E-state index contributed by atoms with van der Waals surface area (Å²) in [5.74, 6) is 1.20. The van der Waals surface area contributed by atoms with E-state index in [4.69, 9.17) is 9.47 Å². The van der Waals surface area contributed by atoms with Gasteiger partial charge in [-0.05, 0) is 29.8 Å².